The van der Waals surface area contributed by atoms with Crippen LogP contribution in [0.25, 0.3) is 0 Å². The minimum Gasteiger partial charge on any atom is -0.455 e. The number of Topliss-reactive ketones (excluding diaryl/α,β-unsaturated/α-hetero) is 1. The molecule has 0 radical (unpaired) electrons. The zero-order valence-corrected chi connectivity index (χ0v) is 20.6. The van der Waals surface area contributed by atoms with Gasteiger partial charge in [-0.15, -0.1) is 6.58 Å². The highest BCUT2D eigenvalue weighted by Crippen LogP contribution is 2.67. The van der Waals surface area contributed by atoms with Crippen LogP contribution in [-0.4, -0.2) is 70.0 Å². The van der Waals surface area contributed by atoms with Crippen molar-refractivity contribution in [2.24, 2.45) is 16.7 Å². The summed E-state index contributed by atoms with van der Waals surface area (Å²) in [6, 6.07) is 0. The van der Waals surface area contributed by atoms with Gasteiger partial charge in [-0.1, -0.05) is 26.8 Å². The Balaban J connectivity index is 2.36. The molecule has 34 heavy (non-hydrogen) atoms. The van der Waals surface area contributed by atoms with Gasteiger partial charge in [-0.2, -0.15) is 0 Å². The first-order valence-electron chi connectivity index (χ1n) is 11.5. The summed E-state index contributed by atoms with van der Waals surface area (Å²) in [6.07, 6.45) is -3.08. The highest BCUT2D eigenvalue weighted by molar-refractivity contribution is 5.92. The standard InChI is InChI=1S/C24H36FNO8/c1-8-21(5)11-15(29)24(31)22(6)14(28)9-10-20(3,4)17(22)16(33-19(30)26-12-25)18(32-13(2)27)23(24,7)34-21/h8,14,16-18,28,31H,1,9-12H2,2-7H3,(H,26,30)/t14-,16-,17?,18-,21-,22-,23+,24-/m0/s1/i25-1. The zero-order valence-electron chi connectivity index (χ0n) is 20.6. The number of aliphatic hydroxyl groups excluding tert-OH is 1. The summed E-state index contributed by atoms with van der Waals surface area (Å²) >= 11 is 0. The highest BCUT2D eigenvalue weighted by Gasteiger charge is 2.82. The number of hydrogen-bond acceptors (Lipinski definition) is 8. The first-order valence-corrected chi connectivity index (χ1v) is 11.5. The number of aliphatic hydroxyl groups is 2. The fraction of sp³-hybridized carbons (Fsp3) is 0.792. The molecule has 1 saturated heterocycles. The SMILES string of the molecule is C=C[C@@]1(C)CC(=O)[C@@]2(O)[C@](C)(O1)[C@@H](OC(C)=O)[C@@H](OC(=O)NC[18F])C1C(C)(C)CC[C@H](O)[C@@]12C. The van der Waals surface area contributed by atoms with Crippen molar-refractivity contribution in [2.75, 3.05) is 6.80 Å². The monoisotopic (exact) mass is 484 g/mol. The first-order chi connectivity index (χ1) is 15.5. The number of fused-ring (bicyclic) bond motifs is 3. The van der Waals surface area contributed by atoms with Gasteiger partial charge in [0.05, 0.1) is 11.7 Å². The van der Waals surface area contributed by atoms with Crippen LogP contribution in [0.5, 0.6) is 0 Å². The maximum Gasteiger partial charge on any atom is 0.409 e. The van der Waals surface area contributed by atoms with Gasteiger partial charge in [0, 0.05) is 24.7 Å². The van der Waals surface area contributed by atoms with E-state index in [9.17, 15) is 29.0 Å². The molecule has 2 aliphatic carbocycles. The molecule has 3 N–H and O–H groups in total. The van der Waals surface area contributed by atoms with E-state index in [1.807, 2.05) is 19.2 Å². The van der Waals surface area contributed by atoms with Crippen molar-refractivity contribution in [1.29, 1.82) is 0 Å². The van der Waals surface area contributed by atoms with E-state index in [1.165, 1.54) is 13.0 Å². The average molecular weight is 485 g/mol. The summed E-state index contributed by atoms with van der Waals surface area (Å²) in [5.74, 6) is -2.22. The van der Waals surface area contributed by atoms with Crippen molar-refractivity contribution >= 4 is 17.8 Å². The zero-order chi connectivity index (χ0) is 25.9. The van der Waals surface area contributed by atoms with Gasteiger partial charge in [0.1, 0.15) is 11.7 Å². The fourth-order valence-corrected chi connectivity index (χ4v) is 6.96. The van der Waals surface area contributed by atoms with Crippen LogP contribution in [0.3, 0.4) is 0 Å². The number of halogens is 1. The molecule has 0 aromatic heterocycles. The average Bonchev–Trinajstić information content (AvgIpc) is 2.71. The van der Waals surface area contributed by atoms with Gasteiger partial charge in [-0.05, 0) is 32.1 Å². The van der Waals surface area contributed by atoms with E-state index in [0.29, 0.717) is 6.42 Å². The lowest BCUT2D eigenvalue weighted by Gasteiger charge is -2.71. The summed E-state index contributed by atoms with van der Waals surface area (Å²) in [7, 11) is 0. The van der Waals surface area contributed by atoms with Crippen LogP contribution < -0.4 is 5.32 Å². The van der Waals surface area contributed by atoms with Crippen LogP contribution in [0.15, 0.2) is 12.7 Å². The van der Waals surface area contributed by atoms with E-state index in [1.54, 1.807) is 13.8 Å². The number of hydrogen-bond donors (Lipinski definition) is 3. The van der Waals surface area contributed by atoms with Crippen molar-refractivity contribution in [1.82, 2.24) is 5.32 Å². The maximum absolute atomic E-state index is 13.8. The van der Waals surface area contributed by atoms with Crippen molar-refractivity contribution in [3.63, 3.8) is 0 Å². The van der Waals surface area contributed by atoms with E-state index in [-0.39, 0.29) is 12.8 Å². The van der Waals surface area contributed by atoms with Crippen LogP contribution >= 0.6 is 0 Å². The molecule has 0 aromatic rings. The Labute approximate surface area is 199 Å². The van der Waals surface area contributed by atoms with Crippen LogP contribution in [0.1, 0.15) is 60.8 Å². The van der Waals surface area contributed by atoms with Crippen LogP contribution in [0, 0.1) is 16.7 Å². The van der Waals surface area contributed by atoms with Crippen LogP contribution in [0.4, 0.5) is 9.18 Å². The molecule has 3 fully saturated rings. The van der Waals surface area contributed by atoms with Crippen LogP contribution in [0.2, 0.25) is 0 Å². The van der Waals surface area contributed by atoms with E-state index >= 15 is 0 Å². The molecule has 10 heteroatoms. The van der Waals surface area contributed by atoms with Gasteiger partial charge in [-0.25, -0.2) is 9.18 Å². The minimum absolute atomic E-state index is 0.224. The van der Waals surface area contributed by atoms with Gasteiger partial charge in [0.2, 0.25) is 0 Å². The Kier molecular flexibility index (Phi) is 6.46. The third-order valence-electron chi connectivity index (χ3n) is 8.45. The van der Waals surface area contributed by atoms with E-state index in [0.717, 1.165) is 6.92 Å². The number of rotatable bonds is 4. The van der Waals surface area contributed by atoms with Gasteiger partial charge in [0.15, 0.2) is 24.3 Å². The molecule has 192 valence electrons. The van der Waals surface area contributed by atoms with Gasteiger partial charge in [-0.3, -0.25) is 14.9 Å². The van der Waals surface area contributed by atoms with Crippen molar-refractivity contribution in [3.8, 4) is 0 Å². The van der Waals surface area contributed by atoms with E-state index in [4.69, 9.17) is 14.2 Å². The van der Waals surface area contributed by atoms with Gasteiger partial charge < -0.3 is 24.4 Å². The number of nitrogens with one attached hydrogen (secondary N) is 1. The Morgan fingerprint density at radius 2 is 1.88 bits per heavy atom. The second kappa shape index (κ2) is 8.27. The maximum atomic E-state index is 13.8. The molecule has 1 aliphatic heterocycles. The second-order valence-electron chi connectivity index (χ2n) is 11.1. The lowest BCUT2D eigenvalue weighted by Crippen LogP contribution is -2.87. The number of carbonyl (C=O) groups is 3. The van der Waals surface area contributed by atoms with Crippen molar-refractivity contribution in [2.45, 2.75) is 95.9 Å². The number of esters is 1. The fourth-order valence-electron chi connectivity index (χ4n) is 6.96. The molecule has 1 amide bonds. The highest BCUT2D eigenvalue weighted by atomic mass is 18.2. The molecular formula is C24H36FNO8. The number of ketones is 1. The lowest BCUT2D eigenvalue weighted by atomic mass is 9.39. The molecule has 0 spiro atoms. The lowest BCUT2D eigenvalue weighted by molar-refractivity contribution is -0.369. The Hall–Kier alpha value is -2.04. The summed E-state index contributed by atoms with van der Waals surface area (Å²) in [4.78, 5) is 38.5. The minimum atomic E-state index is -2.32. The van der Waals surface area contributed by atoms with E-state index < -0.39 is 76.5 Å². The summed E-state index contributed by atoms with van der Waals surface area (Å²) in [5.41, 5.74) is -7.76. The quantitative estimate of drug-likeness (QED) is 0.314. The number of carbonyl (C=O) groups excluding carboxylic acids is 3. The number of alkyl halides is 1. The Morgan fingerprint density at radius 3 is 2.41 bits per heavy atom. The number of amides is 1. The largest absolute Gasteiger partial charge is 0.455 e. The van der Waals surface area contributed by atoms with Crippen molar-refractivity contribution < 1.29 is 43.2 Å². The second-order valence-corrected chi connectivity index (χ2v) is 11.1. The summed E-state index contributed by atoms with van der Waals surface area (Å²) in [5, 5.41) is 25.6. The van der Waals surface area contributed by atoms with E-state index in [2.05, 4.69) is 6.58 Å². The molecule has 3 rings (SSSR count). The molecule has 0 aromatic carbocycles. The smallest absolute Gasteiger partial charge is 0.409 e. The Bertz CT molecular complexity index is 894. The predicted octanol–water partition coefficient (Wildman–Crippen LogP) is 2.18. The molecule has 3 aliphatic rings. The topological polar surface area (TPSA) is 131 Å². The molecule has 9 nitrogen and oxygen atoms in total. The summed E-state index contributed by atoms with van der Waals surface area (Å²) in [6.45, 7) is 12.0. The normalized spacial score (nSPS) is 45.4. The van der Waals surface area contributed by atoms with Crippen molar-refractivity contribution in [3.05, 3.63) is 12.7 Å². The Morgan fingerprint density at radius 1 is 1.26 bits per heavy atom. The molecule has 0 bridgehead atoms. The summed E-state index contributed by atoms with van der Waals surface area (Å²) < 4.78 is 30.5. The third kappa shape index (κ3) is 3.48. The molecule has 2 saturated carbocycles. The third-order valence-corrected chi connectivity index (χ3v) is 8.45. The predicted molar refractivity (Wildman–Crippen MR) is 118 cm³/mol. The number of alkyl carbamates (subject to hydrolysis) is 1. The number of ether oxygens (including phenoxy) is 3. The van der Waals surface area contributed by atoms with Gasteiger partial charge in [0.25, 0.3) is 0 Å². The molecule has 8 atom stereocenters. The molecular weight excluding hydrogens is 448 g/mol. The van der Waals surface area contributed by atoms with Crippen LogP contribution in [-0.2, 0) is 23.8 Å². The molecule has 1 unspecified atom stereocenters. The molecule has 1 heterocycles. The van der Waals surface area contributed by atoms with Gasteiger partial charge >= 0.3 is 12.1 Å². The first kappa shape index (κ1) is 26.6.